The molecule has 19 heavy (non-hydrogen) atoms. The molecule has 0 aromatic carbocycles. The Morgan fingerprint density at radius 1 is 1.42 bits per heavy atom. The molecule has 1 aromatic rings. The third-order valence-electron chi connectivity index (χ3n) is 3.42. The molecular weight excluding hydrogens is 264 g/mol. The maximum Gasteiger partial charge on any atom is 0.240 e. The summed E-state index contributed by atoms with van der Waals surface area (Å²) in [5.74, 6) is 1.53. The molecule has 6 heteroatoms. The Hall–Kier alpha value is -0.650. The summed E-state index contributed by atoms with van der Waals surface area (Å²) in [6.45, 7) is 9.22. The molecule has 0 amide bonds. The second-order valence-corrected chi connectivity index (χ2v) is 6.09. The van der Waals surface area contributed by atoms with E-state index in [9.17, 15) is 0 Å². The zero-order valence-corrected chi connectivity index (χ0v) is 13.1. The highest BCUT2D eigenvalue weighted by Crippen LogP contribution is 2.22. The smallest absolute Gasteiger partial charge is 0.240 e. The molecule has 1 saturated heterocycles. The highest BCUT2D eigenvalue weighted by Gasteiger charge is 2.27. The van der Waals surface area contributed by atoms with Crippen LogP contribution in [0, 0.1) is 0 Å². The van der Waals surface area contributed by atoms with E-state index in [1.54, 1.807) is 0 Å². The number of likely N-dealkylation sites (tertiary alicyclic amines) is 1. The van der Waals surface area contributed by atoms with Crippen molar-refractivity contribution < 1.29 is 4.52 Å². The van der Waals surface area contributed by atoms with Crippen molar-refractivity contribution in [1.82, 2.24) is 20.4 Å². The fourth-order valence-electron chi connectivity index (χ4n) is 2.37. The number of hydrogen-bond acceptors (Lipinski definition) is 5. The lowest BCUT2D eigenvalue weighted by Gasteiger charge is -2.22. The SMILES string of the molecule is CNCC1CCCN1Cc1nc(C(C)(C)C)no1.Cl. The van der Waals surface area contributed by atoms with E-state index in [2.05, 4.69) is 41.1 Å². The minimum absolute atomic E-state index is 0. The number of nitrogens with zero attached hydrogens (tertiary/aromatic N) is 3. The standard InChI is InChI=1S/C13H24N4O.ClH/c1-13(2,3)12-15-11(18-16-12)9-17-7-5-6-10(17)8-14-4;/h10,14H,5-9H2,1-4H3;1H. The van der Waals surface area contributed by atoms with Gasteiger partial charge in [-0.05, 0) is 26.4 Å². The normalized spacial score (nSPS) is 20.5. The van der Waals surface area contributed by atoms with E-state index in [0.29, 0.717) is 6.04 Å². The van der Waals surface area contributed by atoms with Gasteiger partial charge in [0.25, 0.3) is 0 Å². The molecule has 1 atom stereocenters. The summed E-state index contributed by atoms with van der Waals surface area (Å²) in [4.78, 5) is 6.93. The van der Waals surface area contributed by atoms with Crippen molar-refractivity contribution in [3.63, 3.8) is 0 Å². The third-order valence-corrected chi connectivity index (χ3v) is 3.42. The second kappa shape index (κ2) is 6.68. The summed E-state index contributed by atoms with van der Waals surface area (Å²) < 4.78 is 5.36. The summed E-state index contributed by atoms with van der Waals surface area (Å²) in [6.07, 6.45) is 2.51. The van der Waals surface area contributed by atoms with Crippen LogP contribution < -0.4 is 5.32 Å². The van der Waals surface area contributed by atoms with Crippen molar-refractivity contribution >= 4 is 12.4 Å². The lowest BCUT2D eigenvalue weighted by Crippen LogP contribution is -2.36. The Balaban J connectivity index is 0.00000180. The highest BCUT2D eigenvalue weighted by molar-refractivity contribution is 5.85. The van der Waals surface area contributed by atoms with Crippen LogP contribution in [0.5, 0.6) is 0 Å². The maximum atomic E-state index is 5.36. The summed E-state index contributed by atoms with van der Waals surface area (Å²) in [5.41, 5.74) is -0.0445. The summed E-state index contributed by atoms with van der Waals surface area (Å²) in [5, 5.41) is 7.32. The summed E-state index contributed by atoms with van der Waals surface area (Å²) >= 11 is 0. The molecule has 0 spiro atoms. The molecule has 1 unspecified atom stereocenters. The van der Waals surface area contributed by atoms with Gasteiger partial charge >= 0.3 is 0 Å². The van der Waals surface area contributed by atoms with Gasteiger partial charge in [-0.3, -0.25) is 4.90 Å². The van der Waals surface area contributed by atoms with Crippen molar-refractivity contribution in [3.05, 3.63) is 11.7 Å². The minimum atomic E-state index is -0.0445. The van der Waals surface area contributed by atoms with E-state index in [-0.39, 0.29) is 17.8 Å². The largest absolute Gasteiger partial charge is 0.338 e. The Kier molecular flexibility index (Phi) is 5.77. The molecule has 2 heterocycles. The number of nitrogens with one attached hydrogen (secondary N) is 1. The second-order valence-electron chi connectivity index (χ2n) is 6.09. The maximum absolute atomic E-state index is 5.36. The number of hydrogen-bond donors (Lipinski definition) is 1. The first kappa shape index (κ1) is 16.4. The molecule has 0 saturated carbocycles. The minimum Gasteiger partial charge on any atom is -0.338 e. The van der Waals surface area contributed by atoms with Crippen LogP contribution >= 0.6 is 12.4 Å². The van der Waals surface area contributed by atoms with Crippen LogP contribution in [0.15, 0.2) is 4.52 Å². The van der Waals surface area contributed by atoms with Crippen molar-refractivity contribution in [1.29, 1.82) is 0 Å². The van der Waals surface area contributed by atoms with Gasteiger partial charge in [0, 0.05) is 18.0 Å². The molecule has 5 nitrogen and oxygen atoms in total. The van der Waals surface area contributed by atoms with Crippen LogP contribution in [-0.4, -0.2) is 41.2 Å². The topological polar surface area (TPSA) is 54.2 Å². The Bertz CT molecular complexity index is 388. The Morgan fingerprint density at radius 2 is 2.16 bits per heavy atom. The van der Waals surface area contributed by atoms with Crippen molar-refractivity contribution in [3.8, 4) is 0 Å². The van der Waals surface area contributed by atoms with E-state index in [0.717, 1.165) is 31.3 Å². The van der Waals surface area contributed by atoms with E-state index in [1.807, 2.05) is 7.05 Å². The zero-order valence-electron chi connectivity index (χ0n) is 12.3. The molecule has 0 bridgehead atoms. The van der Waals surface area contributed by atoms with Crippen LogP contribution in [0.2, 0.25) is 0 Å². The fraction of sp³-hybridized carbons (Fsp3) is 0.846. The molecule has 1 aliphatic rings. The molecule has 2 rings (SSSR count). The van der Waals surface area contributed by atoms with Crippen LogP contribution in [0.3, 0.4) is 0 Å². The molecule has 110 valence electrons. The highest BCUT2D eigenvalue weighted by atomic mass is 35.5. The third kappa shape index (κ3) is 4.16. The predicted octanol–water partition coefficient (Wildman–Crippen LogP) is 1.97. The van der Waals surface area contributed by atoms with Gasteiger partial charge in [0.15, 0.2) is 5.82 Å². The van der Waals surface area contributed by atoms with Gasteiger partial charge in [0.2, 0.25) is 5.89 Å². The quantitative estimate of drug-likeness (QED) is 0.918. The van der Waals surface area contributed by atoms with E-state index in [1.165, 1.54) is 12.8 Å². The van der Waals surface area contributed by atoms with Gasteiger partial charge in [-0.15, -0.1) is 12.4 Å². The predicted molar refractivity (Wildman–Crippen MR) is 77.6 cm³/mol. The first-order valence-corrected chi connectivity index (χ1v) is 6.72. The van der Waals surface area contributed by atoms with Crippen LogP contribution in [0.1, 0.15) is 45.3 Å². The van der Waals surface area contributed by atoms with Crippen LogP contribution in [0.25, 0.3) is 0 Å². The molecule has 1 aromatic heterocycles. The van der Waals surface area contributed by atoms with Crippen molar-refractivity contribution in [2.24, 2.45) is 0 Å². The first-order chi connectivity index (χ1) is 8.50. The number of halogens is 1. The van der Waals surface area contributed by atoms with E-state index < -0.39 is 0 Å². The van der Waals surface area contributed by atoms with Gasteiger partial charge in [0.1, 0.15) is 0 Å². The van der Waals surface area contributed by atoms with Gasteiger partial charge in [-0.2, -0.15) is 4.98 Å². The Labute approximate surface area is 121 Å². The van der Waals surface area contributed by atoms with Crippen molar-refractivity contribution in [2.75, 3.05) is 20.1 Å². The monoisotopic (exact) mass is 288 g/mol. The summed E-state index contributed by atoms with van der Waals surface area (Å²) in [6, 6.07) is 0.597. The lowest BCUT2D eigenvalue weighted by atomic mass is 9.96. The van der Waals surface area contributed by atoms with Crippen molar-refractivity contribution in [2.45, 2.75) is 51.6 Å². The molecule has 0 radical (unpaired) electrons. The average molecular weight is 289 g/mol. The molecule has 0 aliphatic carbocycles. The number of aromatic nitrogens is 2. The first-order valence-electron chi connectivity index (χ1n) is 6.72. The van der Waals surface area contributed by atoms with Crippen LogP contribution in [-0.2, 0) is 12.0 Å². The van der Waals surface area contributed by atoms with Gasteiger partial charge < -0.3 is 9.84 Å². The Morgan fingerprint density at radius 3 is 2.74 bits per heavy atom. The van der Waals surface area contributed by atoms with Gasteiger partial charge in [-0.25, -0.2) is 0 Å². The molecule has 1 fully saturated rings. The number of likely N-dealkylation sites (N-methyl/N-ethyl adjacent to an activating group) is 1. The molecule has 1 N–H and O–H groups in total. The number of rotatable bonds is 4. The van der Waals surface area contributed by atoms with E-state index in [4.69, 9.17) is 4.52 Å². The van der Waals surface area contributed by atoms with E-state index >= 15 is 0 Å². The lowest BCUT2D eigenvalue weighted by molar-refractivity contribution is 0.208. The fourth-order valence-corrected chi connectivity index (χ4v) is 2.37. The van der Waals surface area contributed by atoms with Crippen LogP contribution in [0.4, 0.5) is 0 Å². The summed E-state index contributed by atoms with van der Waals surface area (Å²) in [7, 11) is 2.00. The van der Waals surface area contributed by atoms with Gasteiger partial charge in [0.05, 0.1) is 6.54 Å². The molecular formula is C13H25ClN4O. The average Bonchev–Trinajstić information content (AvgIpc) is 2.89. The van der Waals surface area contributed by atoms with Gasteiger partial charge in [-0.1, -0.05) is 25.9 Å². The molecule has 1 aliphatic heterocycles. The zero-order chi connectivity index (χ0) is 13.2.